The lowest BCUT2D eigenvalue weighted by Gasteiger charge is -2.15. The van der Waals surface area contributed by atoms with Crippen molar-refractivity contribution >= 4 is 29.3 Å². The quantitative estimate of drug-likeness (QED) is 0.601. The van der Waals surface area contributed by atoms with Crippen molar-refractivity contribution in [2.24, 2.45) is 0 Å². The van der Waals surface area contributed by atoms with Gasteiger partial charge in [-0.25, -0.2) is 0 Å². The number of carbonyl (C=O) groups excluding carboxylic acids is 1. The minimum Gasteiger partial charge on any atom is -0.342 e. The van der Waals surface area contributed by atoms with Gasteiger partial charge >= 0.3 is 0 Å². The number of likely N-dealkylation sites (tertiary alicyclic amines) is 1. The fourth-order valence-corrected chi connectivity index (χ4v) is 4.12. The molecule has 0 unspecified atom stereocenters. The Morgan fingerprint density at radius 3 is 2.41 bits per heavy atom. The van der Waals surface area contributed by atoms with Gasteiger partial charge < -0.3 is 4.90 Å². The molecule has 0 aliphatic carbocycles. The zero-order valence-corrected chi connectivity index (χ0v) is 16.3. The normalized spacial score (nSPS) is 13.9. The molecule has 1 saturated heterocycles. The summed E-state index contributed by atoms with van der Waals surface area (Å²) in [7, 11) is 0. The minimum absolute atomic E-state index is 0.160. The SMILES string of the molecule is O=C(CSc1nnc(-c2ccc(Cl)cc2)n1-c1ccccc1)N1CCCC1. The summed E-state index contributed by atoms with van der Waals surface area (Å²) in [6, 6.07) is 17.5. The molecule has 5 nitrogen and oxygen atoms in total. The molecule has 4 rings (SSSR count). The van der Waals surface area contributed by atoms with Crippen LogP contribution in [-0.2, 0) is 4.79 Å². The number of carbonyl (C=O) groups is 1. The van der Waals surface area contributed by atoms with Crippen LogP contribution in [0.2, 0.25) is 5.02 Å². The lowest BCUT2D eigenvalue weighted by molar-refractivity contribution is -0.127. The van der Waals surface area contributed by atoms with E-state index in [1.807, 2.05) is 64.1 Å². The van der Waals surface area contributed by atoms with Crippen molar-refractivity contribution in [2.45, 2.75) is 18.0 Å². The molecule has 1 aliphatic rings. The van der Waals surface area contributed by atoms with Gasteiger partial charge in [0.25, 0.3) is 0 Å². The predicted molar refractivity (Wildman–Crippen MR) is 108 cm³/mol. The third-order valence-electron chi connectivity index (χ3n) is 4.53. The average Bonchev–Trinajstić information content (AvgIpc) is 3.37. The van der Waals surface area contributed by atoms with E-state index in [0.717, 1.165) is 43.0 Å². The summed E-state index contributed by atoms with van der Waals surface area (Å²) in [6.45, 7) is 1.72. The van der Waals surface area contributed by atoms with Crippen LogP contribution >= 0.6 is 23.4 Å². The first-order valence-electron chi connectivity index (χ1n) is 8.90. The Morgan fingerprint density at radius 2 is 1.70 bits per heavy atom. The van der Waals surface area contributed by atoms with Gasteiger partial charge in [-0.3, -0.25) is 9.36 Å². The third kappa shape index (κ3) is 4.01. The van der Waals surface area contributed by atoms with Crippen LogP contribution < -0.4 is 0 Å². The number of aromatic nitrogens is 3. The Hall–Kier alpha value is -2.31. The molecule has 7 heteroatoms. The van der Waals surface area contributed by atoms with Crippen molar-refractivity contribution in [1.29, 1.82) is 0 Å². The highest BCUT2D eigenvalue weighted by atomic mass is 35.5. The number of halogens is 1. The third-order valence-corrected chi connectivity index (χ3v) is 5.70. The van der Waals surface area contributed by atoms with E-state index < -0.39 is 0 Å². The maximum atomic E-state index is 12.4. The largest absolute Gasteiger partial charge is 0.342 e. The van der Waals surface area contributed by atoms with Crippen LogP contribution in [-0.4, -0.2) is 44.4 Å². The van der Waals surface area contributed by atoms with Crippen molar-refractivity contribution in [3.8, 4) is 17.1 Å². The predicted octanol–water partition coefficient (Wildman–Crippen LogP) is 4.30. The average molecular weight is 399 g/mol. The van der Waals surface area contributed by atoms with E-state index in [-0.39, 0.29) is 5.91 Å². The Kier molecular flexibility index (Phi) is 5.45. The fraction of sp³-hybridized carbons (Fsp3) is 0.250. The Labute approximate surface area is 167 Å². The van der Waals surface area contributed by atoms with Crippen LogP contribution in [0, 0.1) is 0 Å². The lowest BCUT2D eigenvalue weighted by Crippen LogP contribution is -2.29. The van der Waals surface area contributed by atoms with Gasteiger partial charge in [-0.2, -0.15) is 0 Å². The van der Waals surface area contributed by atoms with Crippen molar-refractivity contribution in [1.82, 2.24) is 19.7 Å². The molecule has 1 fully saturated rings. The van der Waals surface area contributed by atoms with Gasteiger partial charge in [0, 0.05) is 29.4 Å². The van der Waals surface area contributed by atoms with E-state index in [1.165, 1.54) is 11.8 Å². The van der Waals surface area contributed by atoms with Gasteiger partial charge in [-0.15, -0.1) is 10.2 Å². The molecule has 3 aromatic rings. The second kappa shape index (κ2) is 8.15. The molecular weight excluding hydrogens is 380 g/mol. The van der Waals surface area contributed by atoms with Gasteiger partial charge in [0.05, 0.1) is 5.75 Å². The van der Waals surface area contributed by atoms with Crippen LogP contribution in [0.15, 0.2) is 59.8 Å². The standard InChI is InChI=1S/C20H19ClN4OS/c21-16-10-8-15(9-11-16)19-22-23-20(25(19)17-6-2-1-3-7-17)27-14-18(26)24-12-4-5-13-24/h1-3,6-11H,4-5,12-14H2. The van der Waals surface area contributed by atoms with Crippen molar-refractivity contribution in [3.63, 3.8) is 0 Å². The Morgan fingerprint density at radius 1 is 1.00 bits per heavy atom. The van der Waals surface area contributed by atoms with Crippen LogP contribution in [0.1, 0.15) is 12.8 Å². The molecule has 2 aromatic carbocycles. The van der Waals surface area contributed by atoms with Crippen LogP contribution in [0.3, 0.4) is 0 Å². The molecule has 0 atom stereocenters. The number of hydrogen-bond acceptors (Lipinski definition) is 4. The van der Waals surface area contributed by atoms with Crippen molar-refractivity contribution < 1.29 is 4.79 Å². The van der Waals surface area contributed by atoms with E-state index in [0.29, 0.717) is 15.9 Å². The summed E-state index contributed by atoms with van der Waals surface area (Å²) in [5.74, 6) is 1.26. The molecule has 1 aliphatic heterocycles. The molecule has 27 heavy (non-hydrogen) atoms. The second-order valence-electron chi connectivity index (χ2n) is 6.36. The Bertz CT molecular complexity index is 921. The zero-order valence-electron chi connectivity index (χ0n) is 14.7. The summed E-state index contributed by atoms with van der Waals surface area (Å²) in [5.41, 5.74) is 1.89. The first-order valence-corrected chi connectivity index (χ1v) is 10.3. The van der Waals surface area contributed by atoms with Crippen LogP contribution in [0.25, 0.3) is 17.1 Å². The summed E-state index contributed by atoms with van der Waals surface area (Å²) in [5, 5.41) is 10.1. The molecule has 138 valence electrons. The van der Waals surface area contributed by atoms with E-state index in [1.54, 1.807) is 0 Å². The molecule has 1 aromatic heterocycles. The molecule has 0 bridgehead atoms. The summed E-state index contributed by atoms with van der Waals surface area (Å²) < 4.78 is 1.99. The number of benzene rings is 2. The first-order chi connectivity index (χ1) is 13.2. The summed E-state index contributed by atoms with van der Waals surface area (Å²) in [6.07, 6.45) is 2.19. The molecule has 0 spiro atoms. The molecule has 2 heterocycles. The van der Waals surface area contributed by atoms with Crippen LogP contribution in [0.4, 0.5) is 0 Å². The monoisotopic (exact) mass is 398 g/mol. The molecule has 1 amide bonds. The Balaban J connectivity index is 1.65. The molecule has 0 N–H and O–H groups in total. The number of rotatable bonds is 5. The van der Waals surface area contributed by atoms with E-state index in [2.05, 4.69) is 10.2 Å². The van der Waals surface area contributed by atoms with Gasteiger partial charge in [-0.1, -0.05) is 41.6 Å². The highest BCUT2D eigenvalue weighted by molar-refractivity contribution is 7.99. The first kappa shape index (κ1) is 18.1. The van der Waals surface area contributed by atoms with Gasteiger partial charge in [0.15, 0.2) is 11.0 Å². The van der Waals surface area contributed by atoms with E-state index in [9.17, 15) is 4.79 Å². The fourth-order valence-electron chi connectivity index (χ4n) is 3.14. The number of para-hydroxylation sites is 1. The van der Waals surface area contributed by atoms with E-state index >= 15 is 0 Å². The highest BCUT2D eigenvalue weighted by Gasteiger charge is 2.21. The van der Waals surface area contributed by atoms with Gasteiger partial charge in [-0.05, 0) is 49.2 Å². The lowest BCUT2D eigenvalue weighted by atomic mass is 10.2. The van der Waals surface area contributed by atoms with Gasteiger partial charge in [0.2, 0.25) is 5.91 Å². The number of thioether (sulfide) groups is 1. The highest BCUT2D eigenvalue weighted by Crippen LogP contribution is 2.29. The summed E-state index contributed by atoms with van der Waals surface area (Å²) >= 11 is 7.45. The molecule has 0 radical (unpaired) electrons. The number of hydrogen-bond donors (Lipinski definition) is 0. The maximum absolute atomic E-state index is 12.4. The van der Waals surface area contributed by atoms with Crippen LogP contribution in [0.5, 0.6) is 0 Å². The number of amides is 1. The van der Waals surface area contributed by atoms with Gasteiger partial charge in [0.1, 0.15) is 0 Å². The summed E-state index contributed by atoms with van der Waals surface area (Å²) in [4.78, 5) is 14.3. The molecular formula is C20H19ClN4OS. The van der Waals surface area contributed by atoms with E-state index in [4.69, 9.17) is 11.6 Å². The maximum Gasteiger partial charge on any atom is 0.233 e. The van der Waals surface area contributed by atoms with Crippen molar-refractivity contribution in [2.75, 3.05) is 18.8 Å². The second-order valence-corrected chi connectivity index (χ2v) is 7.74. The zero-order chi connectivity index (χ0) is 18.6. The molecule has 0 saturated carbocycles. The number of nitrogens with zero attached hydrogens (tertiary/aromatic N) is 4. The topological polar surface area (TPSA) is 51.0 Å². The minimum atomic E-state index is 0.160. The smallest absolute Gasteiger partial charge is 0.233 e. The van der Waals surface area contributed by atoms with Crippen molar-refractivity contribution in [3.05, 3.63) is 59.6 Å².